The van der Waals surface area contributed by atoms with Crippen molar-refractivity contribution in [1.82, 2.24) is 5.32 Å². The van der Waals surface area contributed by atoms with Gasteiger partial charge in [0.2, 0.25) is 0 Å². The van der Waals surface area contributed by atoms with Gasteiger partial charge in [-0.3, -0.25) is 10.1 Å². The van der Waals surface area contributed by atoms with E-state index in [4.69, 9.17) is 15.3 Å². The topological polar surface area (TPSA) is 89.8 Å². The molecule has 0 saturated carbocycles. The van der Waals surface area contributed by atoms with Crippen LogP contribution in [0.2, 0.25) is 0 Å². The number of nitrogens with one attached hydrogen (secondary N) is 1. The molecule has 4 N–H and O–H groups in total. The Hall–Kier alpha value is -0.650. The molecule has 0 amide bonds. The zero-order valence-corrected chi connectivity index (χ0v) is 5.19. The van der Waals surface area contributed by atoms with Crippen molar-refractivity contribution in [2.24, 2.45) is 0 Å². The van der Waals surface area contributed by atoms with Crippen LogP contribution < -0.4 is 5.32 Å². The second-order valence-electron chi connectivity index (χ2n) is 2.28. The molecule has 0 aromatic heterocycles. The zero-order valence-electron chi connectivity index (χ0n) is 5.19. The Morgan fingerprint density at radius 3 is 2.30 bits per heavy atom. The van der Waals surface area contributed by atoms with Crippen molar-refractivity contribution in [2.45, 2.75) is 18.2 Å². The molecule has 0 aromatic rings. The van der Waals surface area contributed by atoms with E-state index >= 15 is 0 Å². The molecular weight excluding hydrogens is 138 g/mol. The van der Waals surface area contributed by atoms with Gasteiger partial charge in [0.15, 0.2) is 0 Å². The number of aliphatic carboxylic acids is 1. The third kappa shape index (κ3) is 1.11. The molecule has 5 heteroatoms. The highest BCUT2D eigenvalue weighted by molar-refractivity contribution is 5.74. The van der Waals surface area contributed by atoms with E-state index in [9.17, 15) is 4.79 Å². The van der Waals surface area contributed by atoms with Gasteiger partial charge < -0.3 is 15.3 Å². The van der Waals surface area contributed by atoms with Crippen molar-refractivity contribution in [3.8, 4) is 0 Å². The Labute approximate surface area is 57.3 Å². The van der Waals surface area contributed by atoms with Gasteiger partial charge in [-0.15, -0.1) is 0 Å². The highest BCUT2D eigenvalue weighted by Crippen LogP contribution is 2.06. The molecule has 1 fully saturated rings. The summed E-state index contributed by atoms with van der Waals surface area (Å²) in [5.41, 5.74) is 0. The van der Waals surface area contributed by atoms with E-state index in [1.165, 1.54) is 0 Å². The number of carboxylic acids is 1. The molecule has 0 spiro atoms. The summed E-state index contributed by atoms with van der Waals surface area (Å²) in [6.45, 7) is 0.137. The first-order valence-electron chi connectivity index (χ1n) is 2.95. The lowest BCUT2D eigenvalue weighted by molar-refractivity contribution is -0.142. The van der Waals surface area contributed by atoms with E-state index in [2.05, 4.69) is 5.32 Å². The SMILES string of the molecule is O=C(O)C1NC[C@@H](O)[C@H]1O. The zero-order chi connectivity index (χ0) is 7.72. The Bertz CT molecular complexity index is 149. The number of carboxylic acid groups (broad SMARTS) is 1. The van der Waals surface area contributed by atoms with Gasteiger partial charge >= 0.3 is 5.97 Å². The van der Waals surface area contributed by atoms with Crippen LogP contribution in [0.1, 0.15) is 0 Å². The predicted molar refractivity (Wildman–Crippen MR) is 31.4 cm³/mol. The van der Waals surface area contributed by atoms with Crippen LogP contribution in [-0.2, 0) is 4.79 Å². The van der Waals surface area contributed by atoms with Gasteiger partial charge in [-0.05, 0) is 0 Å². The number of hydrogen-bond donors (Lipinski definition) is 4. The average Bonchev–Trinajstić information content (AvgIpc) is 2.14. The Balaban J connectivity index is 2.57. The van der Waals surface area contributed by atoms with Crippen molar-refractivity contribution in [2.75, 3.05) is 6.54 Å². The normalized spacial score (nSPS) is 40.0. The van der Waals surface area contributed by atoms with Gasteiger partial charge in [0.1, 0.15) is 12.1 Å². The van der Waals surface area contributed by atoms with E-state index < -0.39 is 24.2 Å². The lowest BCUT2D eigenvalue weighted by Crippen LogP contribution is -2.39. The third-order valence-electron chi connectivity index (χ3n) is 1.55. The fourth-order valence-electron chi connectivity index (χ4n) is 0.945. The lowest BCUT2D eigenvalue weighted by atomic mass is 10.1. The molecule has 0 aromatic carbocycles. The summed E-state index contributed by atoms with van der Waals surface area (Å²) in [4.78, 5) is 10.2. The van der Waals surface area contributed by atoms with Crippen molar-refractivity contribution in [1.29, 1.82) is 0 Å². The number of aliphatic hydroxyl groups excluding tert-OH is 2. The van der Waals surface area contributed by atoms with Crippen molar-refractivity contribution in [3.05, 3.63) is 0 Å². The van der Waals surface area contributed by atoms with Crippen molar-refractivity contribution < 1.29 is 20.1 Å². The highest BCUT2D eigenvalue weighted by Gasteiger charge is 2.37. The second-order valence-corrected chi connectivity index (χ2v) is 2.28. The van der Waals surface area contributed by atoms with Gasteiger partial charge in [0, 0.05) is 6.54 Å². The number of aliphatic hydroxyl groups is 2. The van der Waals surface area contributed by atoms with Crippen LogP contribution in [0.15, 0.2) is 0 Å². The Morgan fingerprint density at radius 2 is 2.10 bits per heavy atom. The van der Waals surface area contributed by atoms with Gasteiger partial charge in [-0.2, -0.15) is 0 Å². The smallest absolute Gasteiger partial charge is 0.323 e. The molecule has 0 aliphatic carbocycles. The molecule has 5 nitrogen and oxygen atoms in total. The van der Waals surface area contributed by atoms with Gasteiger partial charge in [0.05, 0.1) is 6.10 Å². The maximum atomic E-state index is 10.2. The van der Waals surface area contributed by atoms with Crippen LogP contribution in [0.3, 0.4) is 0 Å². The summed E-state index contributed by atoms with van der Waals surface area (Å²) < 4.78 is 0. The van der Waals surface area contributed by atoms with E-state index in [0.717, 1.165) is 0 Å². The van der Waals surface area contributed by atoms with Gasteiger partial charge in [-0.1, -0.05) is 0 Å². The fourth-order valence-corrected chi connectivity index (χ4v) is 0.945. The van der Waals surface area contributed by atoms with Crippen LogP contribution in [0.5, 0.6) is 0 Å². The Kier molecular flexibility index (Phi) is 1.89. The molecular formula is C5H9NO4. The summed E-state index contributed by atoms with van der Waals surface area (Å²) in [5.74, 6) is -1.14. The summed E-state index contributed by atoms with van der Waals surface area (Å²) in [6, 6.07) is -1.02. The first-order valence-corrected chi connectivity index (χ1v) is 2.95. The number of β-amino-alcohol motifs (C(OH)–C–C–N with tert-alkyl or cyclic N) is 1. The quantitative estimate of drug-likeness (QED) is 0.337. The van der Waals surface area contributed by atoms with Crippen LogP contribution in [-0.4, -0.2) is 46.1 Å². The number of hydrogen-bond acceptors (Lipinski definition) is 4. The molecule has 1 unspecified atom stereocenters. The van der Waals surface area contributed by atoms with Crippen LogP contribution in [0, 0.1) is 0 Å². The molecule has 0 bridgehead atoms. The van der Waals surface area contributed by atoms with E-state index in [0.29, 0.717) is 0 Å². The maximum Gasteiger partial charge on any atom is 0.323 e. The molecule has 1 aliphatic rings. The number of rotatable bonds is 1. The lowest BCUT2D eigenvalue weighted by Gasteiger charge is -2.09. The molecule has 1 saturated heterocycles. The first-order chi connectivity index (χ1) is 4.63. The minimum atomic E-state index is -1.18. The summed E-state index contributed by atoms with van der Waals surface area (Å²) in [5, 5.41) is 28.6. The van der Waals surface area contributed by atoms with Crippen LogP contribution >= 0.6 is 0 Å². The minimum absolute atomic E-state index is 0.137. The van der Waals surface area contributed by atoms with Crippen LogP contribution in [0.4, 0.5) is 0 Å². The minimum Gasteiger partial charge on any atom is -0.480 e. The molecule has 58 valence electrons. The molecule has 1 heterocycles. The van der Waals surface area contributed by atoms with E-state index in [1.54, 1.807) is 0 Å². The van der Waals surface area contributed by atoms with Gasteiger partial charge in [0.25, 0.3) is 0 Å². The van der Waals surface area contributed by atoms with Crippen molar-refractivity contribution in [3.63, 3.8) is 0 Å². The van der Waals surface area contributed by atoms with E-state index in [-0.39, 0.29) is 6.54 Å². The van der Waals surface area contributed by atoms with Crippen LogP contribution in [0.25, 0.3) is 0 Å². The highest BCUT2D eigenvalue weighted by atomic mass is 16.4. The second kappa shape index (κ2) is 2.53. The fraction of sp³-hybridized carbons (Fsp3) is 0.800. The maximum absolute atomic E-state index is 10.2. The predicted octanol–water partition coefficient (Wildman–Crippen LogP) is -2.24. The van der Waals surface area contributed by atoms with E-state index in [1.807, 2.05) is 0 Å². The summed E-state index contributed by atoms with van der Waals surface area (Å²) in [6.07, 6.45) is -2.14. The standard InChI is InChI=1S/C5H9NO4/c7-2-1-6-3(4(2)8)5(9)10/h2-4,6-8H,1H2,(H,9,10)/t2-,3?,4-/m1/s1. The molecule has 1 rings (SSSR count). The third-order valence-corrected chi connectivity index (χ3v) is 1.55. The average molecular weight is 147 g/mol. The summed E-state index contributed by atoms with van der Waals surface area (Å²) >= 11 is 0. The van der Waals surface area contributed by atoms with Crippen molar-refractivity contribution >= 4 is 5.97 Å². The first kappa shape index (κ1) is 7.46. The molecule has 0 radical (unpaired) electrons. The molecule has 1 aliphatic heterocycles. The Morgan fingerprint density at radius 1 is 1.50 bits per heavy atom. The summed E-state index contributed by atoms with van der Waals surface area (Å²) in [7, 11) is 0. The molecule has 3 atom stereocenters. The monoisotopic (exact) mass is 147 g/mol. The number of carbonyl (C=O) groups is 1. The van der Waals surface area contributed by atoms with Gasteiger partial charge in [-0.25, -0.2) is 0 Å². The molecule has 10 heavy (non-hydrogen) atoms. The largest absolute Gasteiger partial charge is 0.480 e.